The van der Waals surface area contributed by atoms with E-state index in [4.69, 9.17) is 15.6 Å². The molecule has 3 atom stereocenters. The quantitative estimate of drug-likeness (QED) is 0.735. The fourth-order valence-corrected chi connectivity index (χ4v) is 5.66. The minimum absolute atomic E-state index is 0.180. The molecule has 2 N–H and O–H groups in total. The second-order valence-corrected chi connectivity index (χ2v) is 9.44. The van der Waals surface area contributed by atoms with Crippen LogP contribution in [0.4, 0.5) is 19.0 Å². The van der Waals surface area contributed by atoms with Crippen LogP contribution in [0.5, 0.6) is 0 Å². The Labute approximate surface area is 185 Å². The van der Waals surface area contributed by atoms with Crippen LogP contribution >= 0.6 is 0 Å². The summed E-state index contributed by atoms with van der Waals surface area (Å²) in [6, 6.07) is 3.85. The Hall–Kier alpha value is -2.13. The Morgan fingerprint density at radius 2 is 1.88 bits per heavy atom. The summed E-state index contributed by atoms with van der Waals surface area (Å²) in [5.41, 5.74) is 6.61. The average Bonchev–Trinajstić information content (AvgIpc) is 3.12. The van der Waals surface area contributed by atoms with Crippen LogP contribution in [0.1, 0.15) is 56.3 Å². The van der Waals surface area contributed by atoms with Crippen molar-refractivity contribution in [2.75, 3.05) is 32.0 Å². The molecule has 2 aliphatic carbocycles. The van der Waals surface area contributed by atoms with Crippen LogP contribution in [0.15, 0.2) is 18.3 Å². The van der Waals surface area contributed by atoms with E-state index in [0.717, 1.165) is 44.5 Å². The summed E-state index contributed by atoms with van der Waals surface area (Å²) >= 11 is 0. The highest BCUT2D eigenvalue weighted by Crippen LogP contribution is 2.64. The first kappa shape index (κ1) is 21.7. The molecule has 9 heteroatoms. The molecule has 32 heavy (non-hydrogen) atoms. The third-order valence-electron chi connectivity index (χ3n) is 7.62. The lowest BCUT2D eigenvalue weighted by molar-refractivity contribution is -0.137. The number of rotatable bonds is 5. The van der Waals surface area contributed by atoms with E-state index < -0.39 is 17.6 Å². The van der Waals surface area contributed by atoms with Crippen molar-refractivity contribution in [1.29, 1.82) is 0 Å². The number of ether oxygens (including phenoxy) is 1. The van der Waals surface area contributed by atoms with Gasteiger partial charge in [0.05, 0.1) is 24.5 Å². The molecular formula is C23H30F3N5O. The maximum atomic E-state index is 13.3. The first-order chi connectivity index (χ1) is 15.3. The molecule has 0 spiro atoms. The van der Waals surface area contributed by atoms with Gasteiger partial charge in [-0.3, -0.25) is 9.58 Å². The predicted octanol–water partition coefficient (Wildman–Crippen LogP) is 4.34. The van der Waals surface area contributed by atoms with Crippen molar-refractivity contribution >= 4 is 5.82 Å². The maximum Gasteiger partial charge on any atom is 0.419 e. The number of anilines is 1. The van der Waals surface area contributed by atoms with E-state index in [9.17, 15) is 13.2 Å². The van der Waals surface area contributed by atoms with E-state index >= 15 is 0 Å². The van der Waals surface area contributed by atoms with E-state index in [0.29, 0.717) is 35.1 Å². The van der Waals surface area contributed by atoms with Crippen molar-refractivity contribution in [3.63, 3.8) is 0 Å². The van der Waals surface area contributed by atoms with Gasteiger partial charge in [0, 0.05) is 48.5 Å². The zero-order chi connectivity index (χ0) is 22.6. The monoisotopic (exact) mass is 449 g/mol. The van der Waals surface area contributed by atoms with Gasteiger partial charge in [-0.15, -0.1) is 0 Å². The van der Waals surface area contributed by atoms with Gasteiger partial charge in [0.25, 0.3) is 0 Å². The first-order valence-corrected chi connectivity index (χ1v) is 11.5. The molecule has 0 bridgehead atoms. The number of hydrogen-bond acceptors (Lipinski definition) is 5. The minimum Gasteiger partial charge on any atom is -0.383 e. The fraction of sp³-hybridized carbons (Fsp3) is 0.652. The minimum atomic E-state index is -4.54. The van der Waals surface area contributed by atoms with Gasteiger partial charge in [-0.05, 0) is 50.2 Å². The van der Waals surface area contributed by atoms with Gasteiger partial charge in [0.2, 0.25) is 0 Å². The first-order valence-electron chi connectivity index (χ1n) is 11.5. The summed E-state index contributed by atoms with van der Waals surface area (Å²) in [5.74, 6) is 1.19. The number of fused-ring (bicyclic) bond motifs is 1. The van der Waals surface area contributed by atoms with Crippen molar-refractivity contribution in [2.45, 2.75) is 57.3 Å². The van der Waals surface area contributed by atoms with Gasteiger partial charge >= 0.3 is 6.18 Å². The molecule has 6 nitrogen and oxygen atoms in total. The highest BCUT2D eigenvalue weighted by Gasteiger charge is 2.58. The van der Waals surface area contributed by atoms with Crippen molar-refractivity contribution in [2.24, 2.45) is 11.8 Å². The van der Waals surface area contributed by atoms with Gasteiger partial charge in [-0.25, -0.2) is 4.98 Å². The lowest BCUT2D eigenvalue weighted by atomic mass is 10.0. The van der Waals surface area contributed by atoms with Crippen LogP contribution in [-0.2, 0) is 10.9 Å². The molecular weight excluding hydrogens is 419 g/mol. The molecule has 5 rings (SSSR count). The third kappa shape index (κ3) is 3.79. The van der Waals surface area contributed by atoms with E-state index in [1.54, 1.807) is 0 Å². The van der Waals surface area contributed by atoms with Crippen LogP contribution in [0, 0.1) is 11.8 Å². The Balaban J connectivity index is 1.40. The lowest BCUT2D eigenvalue weighted by Gasteiger charge is -2.33. The molecule has 3 fully saturated rings. The molecule has 0 amide bonds. The summed E-state index contributed by atoms with van der Waals surface area (Å²) in [5, 5.41) is 4.74. The molecule has 3 aliphatic rings. The zero-order valence-electron chi connectivity index (χ0n) is 18.5. The molecule has 174 valence electrons. The molecule has 1 aliphatic heterocycles. The smallest absolute Gasteiger partial charge is 0.383 e. The van der Waals surface area contributed by atoms with Crippen LogP contribution in [0.25, 0.3) is 11.3 Å². The third-order valence-corrected chi connectivity index (χ3v) is 7.62. The summed E-state index contributed by atoms with van der Waals surface area (Å²) in [6.07, 6.45) is 0.105. The van der Waals surface area contributed by atoms with Gasteiger partial charge in [0.15, 0.2) is 0 Å². The summed E-state index contributed by atoms with van der Waals surface area (Å²) < 4.78 is 47.5. The molecule has 2 aromatic rings. The molecule has 0 radical (unpaired) electrons. The normalized spacial score (nSPS) is 29.2. The lowest BCUT2D eigenvalue weighted by Crippen LogP contribution is -2.43. The topological polar surface area (TPSA) is 69.2 Å². The van der Waals surface area contributed by atoms with Crippen LogP contribution in [-0.4, -0.2) is 52.0 Å². The van der Waals surface area contributed by atoms with Crippen LogP contribution in [0.3, 0.4) is 0 Å². The molecule has 0 aromatic carbocycles. The number of alkyl halides is 3. The van der Waals surface area contributed by atoms with E-state index in [2.05, 4.69) is 23.7 Å². The SMILES string of the molecule is CCC(C)n1nc(-c2cnc(N)c(C(F)(F)F)c2)cc1C1C2CC(N3CCOCC3)CC21. The number of pyridine rings is 1. The van der Waals surface area contributed by atoms with Crippen molar-refractivity contribution in [1.82, 2.24) is 19.7 Å². The molecule has 2 saturated carbocycles. The van der Waals surface area contributed by atoms with E-state index in [-0.39, 0.29) is 6.04 Å². The highest BCUT2D eigenvalue weighted by molar-refractivity contribution is 5.63. The average molecular weight is 450 g/mol. The Kier molecular flexibility index (Phi) is 5.44. The number of morpholine rings is 1. The fourth-order valence-electron chi connectivity index (χ4n) is 5.66. The molecule has 3 unspecified atom stereocenters. The van der Waals surface area contributed by atoms with Crippen LogP contribution < -0.4 is 5.73 Å². The Morgan fingerprint density at radius 1 is 1.19 bits per heavy atom. The summed E-state index contributed by atoms with van der Waals surface area (Å²) in [7, 11) is 0. The Bertz CT molecular complexity index is 972. The number of nitrogens with zero attached hydrogens (tertiary/aromatic N) is 4. The number of hydrogen-bond donors (Lipinski definition) is 1. The summed E-state index contributed by atoms with van der Waals surface area (Å²) in [4.78, 5) is 6.36. The molecule has 1 saturated heterocycles. The van der Waals surface area contributed by atoms with E-state index in [1.165, 1.54) is 19.0 Å². The van der Waals surface area contributed by atoms with Gasteiger partial charge in [-0.2, -0.15) is 18.3 Å². The van der Waals surface area contributed by atoms with Gasteiger partial charge < -0.3 is 10.5 Å². The largest absolute Gasteiger partial charge is 0.419 e. The summed E-state index contributed by atoms with van der Waals surface area (Å²) in [6.45, 7) is 7.86. The van der Waals surface area contributed by atoms with Crippen molar-refractivity contribution in [3.05, 3.63) is 29.6 Å². The highest BCUT2D eigenvalue weighted by atomic mass is 19.4. The van der Waals surface area contributed by atoms with Crippen molar-refractivity contribution in [3.8, 4) is 11.3 Å². The van der Waals surface area contributed by atoms with E-state index in [1.807, 2.05) is 10.7 Å². The van der Waals surface area contributed by atoms with Crippen molar-refractivity contribution < 1.29 is 17.9 Å². The maximum absolute atomic E-state index is 13.3. The second kappa shape index (κ2) is 8.02. The number of halogens is 3. The number of aromatic nitrogens is 3. The molecule has 2 aromatic heterocycles. The Morgan fingerprint density at radius 3 is 2.50 bits per heavy atom. The zero-order valence-corrected chi connectivity index (χ0v) is 18.5. The number of nitrogens with two attached hydrogens (primary N) is 1. The van der Waals surface area contributed by atoms with Gasteiger partial charge in [-0.1, -0.05) is 6.92 Å². The van der Waals surface area contributed by atoms with Gasteiger partial charge in [0.1, 0.15) is 5.82 Å². The predicted molar refractivity (Wildman–Crippen MR) is 115 cm³/mol. The molecule has 3 heterocycles. The van der Waals surface area contributed by atoms with Crippen LogP contribution in [0.2, 0.25) is 0 Å². The second-order valence-electron chi connectivity index (χ2n) is 9.44. The number of nitrogen functional groups attached to an aromatic ring is 1. The standard InChI is InChI=1S/C23H30F3N5O/c1-3-13(2)31-20(21-16-9-15(10-17(16)21)30-4-6-32-7-5-30)11-19(29-31)14-8-18(23(24,25)26)22(27)28-12-14/h8,11-13,15-17,21H,3-7,9-10H2,1-2H3,(H2,27,28).